The number of benzene rings is 4. The number of methoxy groups -OCH3 is 1. The highest BCUT2D eigenvalue weighted by Gasteiger charge is 2.39. The van der Waals surface area contributed by atoms with Crippen molar-refractivity contribution in [3.63, 3.8) is 0 Å². The lowest BCUT2D eigenvalue weighted by atomic mass is 9.88. The maximum absolute atomic E-state index is 14.1. The molecule has 2 N–H and O–H groups in total. The number of rotatable bonds is 10. The molecule has 0 spiro atoms. The zero-order chi connectivity index (χ0) is 29.8. The summed E-state index contributed by atoms with van der Waals surface area (Å²) in [7, 11) is -2.31. The van der Waals surface area contributed by atoms with Gasteiger partial charge in [-0.05, 0) is 46.9 Å². The lowest BCUT2D eigenvalue weighted by Crippen LogP contribution is -2.41. The van der Waals surface area contributed by atoms with Crippen LogP contribution in [0.4, 0.5) is 5.69 Å². The number of sulfonamides is 1. The normalized spacial score (nSPS) is 15.6. The second-order valence-electron chi connectivity index (χ2n) is 10.7. The Morgan fingerprint density at radius 3 is 2.35 bits per heavy atom. The second kappa shape index (κ2) is 12.3. The van der Waals surface area contributed by atoms with Crippen molar-refractivity contribution in [1.29, 1.82) is 0 Å². The highest BCUT2D eigenvalue weighted by atomic mass is 32.2. The number of carbonyl (C=O) groups is 1. The fourth-order valence-electron chi connectivity index (χ4n) is 5.77. The Hall–Kier alpha value is -4.63. The molecule has 0 bridgehead atoms. The second-order valence-corrected chi connectivity index (χ2v) is 12.5. The average molecular weight is 595 g/mol. The predicted molar refractivity (Wildman–Crippen MR) is 170 cm³/mol. The third-order valence-electron chi connectivity index (χ3n) is 7.86. The van der Waals surface area contributed by atoms with Crippen LogP contribution in [-0.4, -0.2) is 46.9 Å². The smallest absolute Gasteiger partial charge is 0.239 e. The largest absolute Gasteiger partial charge is 0.497 e. The van der Waals surface area contributed by atoms with Gasteiger partial charge >= 0.3 is 0 Å². The molecule has 2 aliphatic rings. The quantitative estimate of drug-likeness (QED) is 0.274. The van der Waals surface area contributed by atoms with E-state index in [0.29, 0.717) is 30.0 Å². The summed E-state index contributed by atoms with van der Waals surface area (Å²) in [4.78, 5) is 17.8. The van der Waals surface area contributed by atoms with Crippen molar-refractivity contribution in [3.05, 3.63) is 119 Å². The first-order chi connectivity index (χ1) is 20.9. The van der Waals surface area contributed by atoms with E-state index < -0.39 is 16.1 Å². The number of nitrogens with zero attached hydrogens (tertiary/aromatic N) is 2. The van der Waals surface area contributed by atoms with Crippen molar-refractivity contribution in [2.75, 3.05) is 31.0 Å². The lowest BCUT2D eigenvalue weighted by Gasteiger charge is -2.39. The van der Waals surface area contributed by atoms with E-state index in [2.05, 4.69) is 15.6 Å². The highest BCUT2D eigenvalue weighted by Crippen LogP contribution is 2.47. The number of anilines is 1. The lowest BCUT2D eigenvalue weighted by molar-refractivity contribution is -0.121. The highest BCUT2D eigenvalue weighted by molar-refractivity contribution is 7.92. The standard InChI is InChI=1S/C34H34N4O4S/c1-42-27-16-12-25(13-17-27)23-43(40,41)38-31-9-5-4-7-29(31)28-6-2-3-8-30(28)32(38)22-33(39)35-19-18-24-10-14-26(15-11-24)34-36-20-21-37-34/h2-17,32H,18-23H2,1H3,(H,35,39)(H,36,37). The number of nitrogens with one attached hydrogen (secondary N) is 2. The SMILES string of the molecule is COc1ccc(CS(=O)(=O)N2c3ccccc3-c3ccccc3C2CC(=O)NCCc2ccc(C3=NCCN3)cc2)cc1. The molecule has 220 valence electrons. The van der Waals surface area contributed by atoms with Crippen LogP contribution in [0.2, 0.25) is 0 Å². The average Bonchev–Trinajstić information content (AvgIpc) is 3.57. The predicted octanol–water partition coefficient (Wildman–Crippen LogP) is 4.85. The van der Waals surface area contributed by atoms with E-state index in [4.69, 9.17) is 4.74 Å². The molecule has 8 nitrogen and oxygen atoms in total. The van der Waals surface area contributed by atoms with Gasteiger partial charge < -0.3 is 15.4 Å². The number of hydrogen-bond acceptors (Lipinski definition) is 6. The molecule has 6 rings (SSSR count). The number of ether oxygens (including phenoxy) is 1. The van der Waals surface area contributed by atoms with Crippen molar-refractivity contribution in [2.45, 2.75) is 24.6 Å². The van der Waals surface area contributed by atoms with Crippen molar-refractivity contribution >= 4 is 27.5 Å². The molecule has 4 aromatic rings. The van der Waals surface area contributed by atoms with E-state index in [-0.39, 0.29) is 18.1 Å². The van der Waals surface area contributed by atoms with E-state index in [9.17, 15) is 13.2 Å². The summed E-state index contributed by atoms with van der Waals surface area (Å²) >= 11 is 0. The number of para-hydroxylation sites is 1. The van der Waals surface area contributed by atoms with Gasteiger partial charge in [-0.15, -0.1) is 0 Å². The van der Waals surface area contributed by atoms with Crippen molar-refractivity contribution in [1.82, 2.24) is 10.6 Å². The molecule has 0 aliphatic carbocycles. The first-order valence-electron chi connectivity index (χ1n) is 14.4. The molecule has 0 fully saturated rings. The molecule has 1 unspecified atom stereocenters. The molecule has 1 atom stereocenters. The molecule has 2 aliphatic heterocycles. The minimum atomic E-state index is -3.88. The molecule has 43 heavy (non-hydrogen) atoms. The van der Waals surface area contributed by atoms with Crippen molar-refractivity contribution < 1.29 is 17.9 Å². The molecule has 0 saturated heterocycles. The zero-order valence-electron chi connectivity index (χ0n) is 24.0. The van der Waals surface area contributed by atoms with Gasteiger partial charge in [-0.3, -0.25) is 14.1 Å². The van der Waals surface area contributed by atoms with Gasteiger partial charge in [-0.1, -0.05) is 78.9 Å². The van der Waals surface area contributed by atoms with Gasteiger partial charge in [0.25, 0.3) is 0 Å². The van der Waals surface area contributed by atoms with E-state index in [1.807, 2.05) is 72.8 Å². The molecule has 2 heterocycles. The van der Waals surface area contributed by atoms with E-state index in [1.54, 1.807) is 31.4 Å². The summed E-state index contributed by atoms with van der Waals surface area (Å²) in [5.74, 6) is 1.17. The fraction of sp³-hybridized carbons (Fsp3) is 0.235. The summed E-state index contributed by atoms with van der Waals surface area (Å²) in [6.45, 7) is 2.10. The summed E-state index contributed by atoms with van der Waals surface area (Å²) in [6, 6.07) is 29.7. The molecule has 4 aromatic carbocycles. The number of amidine groups is 1. The maximum Gasteiger partial charge on any atom is 0.239 e. The first kappa shape index (κ1) is 28.5. The number of aliphatic imine (C=N–C) groups is 1. The Bertz CT molecular complexity index is 1750. The van der Waals surface area contributed by atoms with Gasteiger partial charge in [-0.2, -0.15) is 0 Å². The Kier molecular flexibility index (Phi) is 8.16. The van der Waals surface area contributed by atoms with Crippen LogP contribution in [0.3, 0.4) is 0 Å². The fourth-order valence-corrected chi connectivity index (χ4v) is 7.56. The Balaban J connectivity index is 1.22. The minimum absolute atomic E-state index is 0.00236. The Labute approximate surface area is 252 Å². The van der Waals surface area contributed by atoms with Crippen LogP contribution in [0.1, 0.15) is 34.7 Å². The third kappa shape index (κ3) is 6.12. The van der Waals surface area contributed by atoms with Crippen LogP contribution in [-0.2, 0) is 27.0 Å². The number of carbonyl (C=O) groups excluding carboxylic acids is 1. The van der Waals surface area contributed by atoms with Crippen LogP contribution in [0, 0.1) is 0 Å². The number of amides is 1. The van der Waals surface area contributed by atoms with Gasteiger partial charge in [0.2, 0.25) is 15.9 Å². The molecule has 9 heteroatoms. The van der Waals surface area contributed by atoms with E-state index in [1.165, 1.54) is 4.31 Å². The Morgan fingerprint density at radius 1 is 0.930 bits per heavy atom. The summed E-state index contributed by atoms with van der Waals surface area (Å²) in [5, 5.41) is 6.30. The number of fused-ring (bicyclic) bond motifs is 3. The molecule has 1 amide bonds. The molecule has 0 radical (unpaired) electrons. The summed E-state index contributed by atoms with van der Waals surface area (Å²) < 4.78 is 35.0. The van der Waals surface area contributed by atoms with Gasteiger partial charge in [0.05, 0.1) is 37.6 Å². The van der Waals surface area contributed by atoms with Crippen LogP contribution >= 0.6 is 0 Å². The van der Waals surface area contributed by atoms with Gasteiger partial charge in [0, 0.05) is 24.2 Å². The van der Waals surface area contributed by atoms with Crippen molar-refractivity contribution in [2.24, 2.45) is 4.99 Å². The van der Waals surface area contributed by atoms with Crippen LogP contribution in [0.15, 0.2) is 102 Å². The maximum atomic E-state index is 14.1. The van der Waals surface area contributed by atoms with E-state index in [0.717, 1.165) is 46.7 Å². The topological polar surface area (TPSA) is 100 Å². The van der Waals surface area contributed by atoms with Gasteiger partial charge in [-0.25, -0.2) is 8.42 Å². The van der Waals surface area contributed by atoms with Gasteiger partial charge in [0.1, 0.15) is 11.6 Å². The summed E-state index contributed by atoms with van der Waals surface area (Å²) in [5.41, 5.74) is 5.95. The molecule has 0 saturated carbocycles. The third-order valence-corrected chi connectivity index (χ3v) is 9.61. The monoisotopic (exact) mass is 594 g/mol. The first-order valence-corrected chi connectivity index (χ1v) is 16.0. The summed E-state index contributed by atoms with van der Waals surface area (Å²) in [6.07, 6.45) is 0.660. The van der Waals surface area contributed by atoms with E-state index >= 15 is 0 Å². The Morgan fingerprint density at radius 2 is 1.63 bits per heavy atom. The molecule has 0 aromatic heterocycles. The zero-order valence-corrected chi connectivity index (χ0v) is 24.8. The van der Waals surface area contributed by atoms with Crippen molar-refractivity contribution in [3.8, 4) is 16.9 Å². The van der Waals surface area contributed by atoms with Crippen LogP contribution in [0.5, 0.6) is 5.75 Å². The van der Waals surface area contributed by atoms with Crippen LogP contribution in [0.25, 0.3) is 11.1 Å². The van der Waals surface area contributed by atoms with Crippen LogP contribution < -0.4 is 19.7 Å². The molecular formula is C34H34N4O4S. The molecular weight excluding hydrogens is 560 g/mol. The van der Waals surface area contributed by atoms with Gasteiger partial charge in [0.15, 0.2) is 0 Å². The number of hydrogen-bond donors (Lipinski definition) is 2. The minimum Gasteiger partial charge on any atom is -0.497 e.